The first-order chi connectivity index (χ1) is 14.5. The zero-order valence-electron chi connectivity index (χ0n) is 15.5. The van der Waals surface area contributed by atoms with Crippen LogP contribution in [0, 0.1) is 5.82 Å². The molecular weight excluding hydrogens is 441 g/mol. The molecule has 1 amide bonds. The molecule has 2 atom stereocenters. The third kappa shape index (κ3) is 5.10. The minimum Gasteiger partial charge on any atom is -0.534 e. The van der Waals surface area contributed by atoms with Crippen molar-refractivity contribution in [2.45, 2.75) is 18.4 Å². The van der Waals surface area contributed by atoms with Gasteiger partial charge in [-0.25, -0.2) is 9.18 Å². The Labute approximate surface area is 175 Å². The maximum Gasteiger partial charge on any atom is 0.547 e. The van der Waals surface area contributed by atoms with E-state index >= 15 is 0 Å². The van der Waals surface area contributed by atoms with Gasteiger partial charge in [0.15, 0.2) is 0 Å². The Kier molecular flexibility index (Phi) is 6.15. The first-order valence-electron chi connectivity index (χ1n) is 8.65. The van der Waals surface area contributed by atoms with Crippen molar-refractivity contribution in [3.63, 3.8) is 0 Å². The average molecular weight is 456 g/mol. The third-order valence-electron chi connectivity index (χ3n) is 4.47. The highest BCUT2D eigenvalue weighted by Crippen LogP contribution is 2.32. The van der Waals surface area contributed by atoms with Crippen molar-refractivity contribution in [1.29, 1.82) is 0 Å². The number of hydrogen-bond donors (Lipinski definition) is 4. The Morgan fingerprint density at radius 3 is 2.48 bits per heavy atom. The van der Waals surface area contributed by atoms with E-state index in [1.54, 1.807) is 0 Å². The second-order valence-corrected chi connectivity index (χ2v) is 7.52. The number of carbonyl (C=O) groups excluding carboxylic acids is 1. The Morgan fingerprint density at radius 1 is 1.26 bits per heavy atom. The summed E-state index contributed by atoms with van der Waals surface area (Å²) in [5.74, 6) is -5.02. The highest BCUT2D eigenvalue weighted by atomic mass is 32.3. The number of benzene rings is 2. The van der Waals surface area contributed by atoms with Crippen LogP contribution in [0.3, 0.4) is 0 Å². The monoisotopic (exact) mass is 456 g/mol. The van der Waals surface area contributed by atoms with Gasteiger partial charge in [-0.15, -0.1) is 0 Å². The fourth-order valence-electron chi connectivity index (χ4n) is 3.03. The van der Waals surface area contributed by atoms with Crippen LogP contribution in [-0.2, 0) is 21.7 Å². The minimum atomic E-state index is -5.20. The molecule has 0 radical (unpaired) electrons. The molecule has 0 saturated heterocycles. The zero-order chi connectivity index (χ0) is 22.9. The number of aromatic carboxylic acids is 1. The van der Waals surface area contributed by atoms with E-state index in [4.69, 9.17) is 15.5 Å². The molecule has 2 aromatic rings. The average Bonchev–Trinajstić information content (AvgIpc) is 2.67. The Hall–Kier alpha value is -3.23. The van der Waals surface area contributed by atoms with Gasteiger partial charge in [-0.2, -0.15) is 8.42 Å². The van der Waals surface area contributed by atoms with Gasteiger partial charge in [0.1, 0.15) is 28.9 Å². The number of amides is 1. The molecule has 2 unspecified atom stereocenters. The third-order valence-corrected chi connectivity index (χ3v) is 4.86. The predicted molar refractivity (Wildman–Crippen MR) is 102 cm³/mol. The van der Waals surface area contributed by atoms with Gasteiger partial charge in [0.25, 0.3) is 0 Å². The predicted octanol–water partition coefficient (Wildman–Crippen LogP) is 0.256. The van der Waals surface area contributed by atoms with Crippen molar-refractivity contribution in [3.8, 4) is 11.5 Å². The van der Waals surface area contributed by atoms with E-state index in [1.807, 2.05) is 0 Å². The van der Waals surface area contributed by atoms with Crippen LogP contribution in [0.1, 0.15) is 27.5 Å². The summed E-state index contributed by atoms with van der Waals surface area (Å²) < 4.78 is 56.5. The van der Waals surface area contributed by atoms with E-state index in [9.17, 15) is 31.3 Å². The number of carboxylic acid groups (broad SMARTS) is 1. The summed E-state index contributed by atoms with van der Waals surface area (Å²) in [4.78, 5) is 23.7. The molecule has 0 aliphatic carbocycles. The lowest BCUT2D eigenvalue weighted by Crippen LogP contribution is -2.54. The SMILES string of the molecule is NC(C(=O)NC1Cc2ccc(F)c(C(=O)O)c2OB1O)c1ccc(OS(=O)(=O)F)cc1. The van der Waals surface area contributed by atoms with Crippen molar-refractivity contribution in [3.05, 3.63) is 58.9 Å². The van der Waals surface area contributed by atoms with E-state index in [1.165, 1.54) is 18.2 Å². The molecular formula is C17H15BF2N2O8S. The van der Waals surface area contributed by atoms with Gasteiger partial charge in [0, 0.05) is 0 Å². The van der Waals surface area contributed by atoms with Crippen LogP contribution >= 0.6 is 0 Å². The number of fused-ring (bicyclic) bond motifs is 1. The Balaban J connectivity index is 1.72. The topological polar surface area (TPSA) is 165 Å². The normalized spacial score (nSPS) is 16.6. The van der Waals surface area contributed by atoms with Crippen LogP contribution in [0.4, 0.5) is 8.28 Å². The first-order valence-corrected chi connectivity index (χ1v) is 9.96. The number of nitrogens with two attached hydrogens (primary N) is 1. The van der Waals surface area contributed by atoms with Crippen molar-refractivity contribution in [2.24, 2.45) is 5.73 Å². The van der Waals surface area contributed by atoms with E-state index in [2.05, 4.69) is 9.50 Å². The van der Waals surface area contributed by atoms with Gasteiger partial charge in [-0.05, 0) is 35.7 Å². The van der Waals surface area contributed by atoms with E-state index < -0.39 is 52.9 Å². The molecule has 1 aliphatic rings. The molecule has 10 nitrogen and oxygen atoms in total. The van der Waals surface area contributed by atoms with E-state index in [0.717, 1.165) is 18.2 Å². The summed E-state index contributed by atoms with van der Waals surface area (Å²) in [7, 11) is -6.87. The second kappa shape index (κ2) is 8.49. The molecule has 3 rings (SSSR count). The standard InChI is InChI=1S/C17H15BF2N2O8S/c19-11-6-3-9-7-12(18(26)29-15(9)13(11)17(24)25)22-16(23)14(21)8-1-4-10(5-2-8)30-31(20,27)28/h1-6,12,14,26H,7,21H2,(H,22,23)(H,24,25). The molecule has 0 fully saturated rings. The number of nitrogens with one attached hydrogen (secondary N) is 1. The van der Waals surface area contributed by atoms with Gasteiger partial charge < -0.3 is 30.0 Å². The number of halogens is 2. The molecule has 2 aromatic carbocycles. The first kappa shape index (κ1) is 22.5. The molecule has 0 spiro atoms. The van der Waals surface area contributed by atoms with Gasteiger partial charge in [-0.1, -0.05) is 22.1 Å². The molecule has 31 heavy (non-hydrogen) atoms. The van der Waals surface area contributed by atoms with Crippen LogP contribution in [0.25, 0.3) is 0 Å². The summed E-state index contributed by atoms with van der Waals surface area (Å²) in [6.45, 7) is 0. The number of carbonyl (C=O) groups is 2. The summed E-state index contributed by atoms with van der Waals surface area (Å²) in [6.07, 6.45) is -0.0589. The summed E-state index contributed by atoms with van der Waals surface area (Å²) in [5.41, 5.74) is 5.62. The molecule has 1 heterocycles. The highest BCUT2D eigenvalue weighted by molar-refractivity contribution is 7.81. The fourth-order valence-corrected chi connectivity index (χ4v) is 3.37. The molecule has 14 heteroatoms. The lowest BCUT2D eigenvalue weighted by Gasteiger charge is -2.29. The van der Waals surface area contributed by atoms with E-state index in [-0.39, 0.29) is 29.0 Å². The van der Waals surface area contributed by atoms with Crippen LogP contribution in [0.2, 0.25) is 0 Å². The van der Waals surface area contributed by atoms with Crippen LogP contribution < -0.4 is 19.9 Å². The lowest BCUT2D eigenvalue weighted by atomic mass is 9.72. The number of rotatable bonds is 6. The zero-order valence-corrected chi connectivity index (χ0v) is 16.3. The Morgan fingerprint density at radius 2 is 1.90 bits per heavy atom. The van der Waals surface area contributed by atoms with Crippen molar-refractivity contribution in [2.75, 3.05) is 0 Å². The van der Waals surface area contributed by atoms with Gasteiger partial charge >= 0.3 is 23.6 Å². The molecule has 1 aliphatic heterocycles. The smallest absolute Gasteiger partial charge is 0.534 e. The van der Waals surface area contributed by atoms with E-state index in [0.29, 0.717) is 0 Å². The summed E-state index contributed by atoms with van der Waals surface area (Å²) in [5, 5.41) is 21.8. The minimum absolute atomic E-state index is 0.0589. The van der Waals surface area contributed by atoms with Crippen molar-refractivity contribution in [1.82, 2.24) is 5.32 Å². The van der Waals surface area contributed by atoms with Crippen LogP contribution in [-0.4, -0.2) is 43.5 Å². The van der Waals surface area contributed by atoms with Crippen LogP contribution in [0.15, 0.2) is 36.4 Å². The molecule has 5 N–H and O–H groups in total. The molecule has 164 valence electrons. The Bertz CT molecular complexity index is 1130. The van der Waals surface area contributed by atoms with Gasteiger partial charge in [0.2, 0.25) is 5.91 Å². The quantitative estimate of drug-likeness (QED) is 0.352. The second-order valence-electron chi connectivity index (χ2n) is 6.57. The molecule has 0 saturated carbocycles. The van der Waals surface area contributed by atoms with Gasteiger partial charge in [-0.3, -0.25) is 4.79 Å². The number of hydrogen-bond acceptors (Lipinski definition) is 8. The molecule has 0 bridgehead atoms. The molecule has 0 aromatic heterocycles. The lowest BCUT2D eigenvalue weighted by molar-refractivity contribution is -0.122. The van der Waals surface area contributed by atoms with Crippen LogP contribution in [0.5, 0.6) is 11.5 Å². The van der Waals surface area contributed by atoms with Crippen molar-refractivity contribution < 1.29 is 45.3 Å². The summed E-state index contributed by atoms with van der Waals surface area (Å²) in [6, 6.07) is 5.64. The number of carboxylic acids is 1. The van der Waals surface area contributed by atoms with Crippen molar-refractivity contribution >= 4 is 29.5 Å². The summed E-state index contributed by atoms with van der Waals surface area (Å²) >= 11 is 0. The maximum atomic E-state index is 13.8. The van der Waals surface area contributed by atoms with Gasteiger partial charge in [0.05, 0.1) is 5.94 Å². The maximum absolute atomic E-state index is 13.8. The largest absolute Gasteiger partial charge is 0.547 e. The highest BCUT2D eigenvalue weighted by Gasteiger charge is 2.39. The fraction of sp³-hybridized carbons (Fsp3) is 0.176.